The van der Waals surface area contributed by atoms with Crippen LogP contribution in [0.15, 0.2) is 30.3 Å². The van der Waals surface area contributed by atoms with E-state index in [2.05, 4.69) is 35.2 Å². The van der Waals surface area contributed by atoms with Gasteiger partial charge in [-0.1, -0.05) is 30.3 Å². The van der Waals surface area contributed by atoms with Crippen LogP contribution < -0.4 is 0 Å². The average molecular weight is 312 g/mol. The van der Waals surface area contributed by atoms with Crippen LogP contribution in [0.3, 0.4) is 0 Å². The smallest absolute Gasteiger partial charge is 0.136 e. The standard InChI is InChI=1S/C19H24N2O2/c20-9-5-4-8-19(22)16-10-17-13-23-14-18(11-16)21(17)12-15-6-2-1-3-7-15/h1-3,6-7,16-18H,4-5,8,10-14H2. The predicted octanol–water partition coefficient (Wildman–Crippen LogP) is 2.93. The van der Waals surface area contributed by atoms with Crippen LogP contribution in [0.25, 0.3) is 0 Å². The Balaban J connectivity index is 1.61. The number of nitrogens with zero attached hydrogens (tertiary/aromatic N) is 2. The summed E-state index contributed by atoms with van der Waals surface area (Å²) in [5, 5.41) is 8.61. The van der Waals surface area contributed by atoms with Crippen LogP contribution in [0.1, 0.15) is 37.7 Å². The zero-order valence-electron chi connectivity index (χ0n) is 13.5. The van der Waals surface area contributed by atoms with E-state index in [0.717, 1.165) is 32.6 Å². The molecule has 2 atom stereocenters. The van der Waals surface area contributed by atoms with Crippen molar-refractivity contribution in [2.24, 2.45) is 5.92 Å². The van der Waals surface area contributed by atoms with Crippen molar-refractivity contribution >= 4 is 5.78 Å². The summed E-state index contributed by atoms with van der Waals surface area (Å²) in [4.78, 5) is 14.9. The summed E-state index contributed by atoms with van der Waals surface area (Å²) in [6.07, 6.45) is 3.53. The van der Waals surface area contributed by atoms with Crippen LogP contribution in [-0.2, 0) is 16.1 Å². The number of rotatable bonds is 6. The molecule has 0 spiro atoms. The molecule has 4 nitrogen and oxygen atoms in total. The number of benzene rings is 1. The number of unbranched alkanes of at least 4 members (excludes halogenated alkanes) is 1. The first kappa shape index (κ1) is 16.2. The van der Waals surface area contributed by atoms with E-state index in [9.17, 15) is 4.79 Å². The van der Waals surface area contributed by atoms with E-state index < -0.39 is 0 Å². The average Bonchev–Trinajstić information content (AvgIpc) is 2.55. The molecule has 1 aromatic carbocycles. The highest BCUT2D eigenvalue weighted by atomic mass is 16.5. The number of carbonyl (C=O) groups is 1. The van der Waals surface area contributed by atoms with Gasteiger partial charge in [-0.15, -0.1) is 0 Å². The lowest BCUT2D eigenvalue weighted by molar-refractivity contribution is -0.133. The lowest BCUT2D eigenvalue weighted by atomic mass is 9.81. The lowest BCUT2D eigenvalue weighted by Crippen LogP contribution is -2.57. The molecule has 2 unspecified atom stereocenters. The molecule has 2 aliphatic rings. The van der Waals surface area contributed by atoms with Crippen molar-refractivity contribution < 1.29 is 9.53 Å². The number of ether oxygens (including phenoxy) is 1. The summed E-state index contributed by atoms with van der Waals surface area (Å²) >= 11 is 0. The second kappa shape index (κ2) is 7.72. The number of ketones is 1. The van der Waals surface area contributed by atoms with Gasteiger partial charge < -0.3 is 4.74 Å². The SMILES string of the molecule is N#CCCCC(=O)C1CC2COCC(C1)N2Cc1ccccc1. The molecular formula is C19H24N2O2. The minimum Gasteiger partial charge on any atom is -0.378 e. The molecule has 0 aliphatic carbocycles. The molecule has 4 heteroatoms. The normalized spacial score (nSPS) is 27.3. The molecule has 0 aromatic heterocycles. The van der Waals surface area contributed by atoms with E-state index >= 15 is 0 Å². The Morgan fingerprint density at radius 3 is 2.57 bits per heavy atom. The fourth-order valence-corrected chi connectivity index (χ4v) is 3.85. The van der Waals surface area contributed by atoms with Gasteiger partial charge in [0.2, 0.25) is 0 Å². The molecule has 0 N–H and O–H groups in total. The molecule has 0 radical (unpaired) electrons. The largest absolute Gasteiger partial charge is 0.378 e. The van der Waals surface area contributed by atoms with Gasteiger partial charge in [0.1, 0.15) is 5.78 Å². The molecular weight excluding hydrogens is 288 g/mol. The summed E-state index contributed by atoms with van der Waals surface area (Å²) in [6.45, 7) is 2.39. The summed E-state index contributed by atoms with van der Waals surface area (Å²) in [5.74, 6) is 0.496. The van der Waals surface area contributed by atoms with Crippen molar-refractivity contribution in [3.8, 4) is 6.07 Å². The van der Waals surface area contributed by atoms with Gasteiger partial charge in [-0.2, -0.15) is 5.26 Å². The Morgan fingerprint density at radius 1 is 1.22 bits per heavy atom. The van der Waals surface area contributed by atoms with Crippen molar-refractivity contribution in [1.29, 1.82) is 5.26 Å². The first-order chi connectivity index (χ1) is 11.3. The molecule has 0 amide bonds. The molecule has 0 saturated carbocycles. The van der Waals surface area contributed by atoms with Gasteiger partial charge >= 0.3 is 0 Å². The third-order valence-corrected chi connectivity index (χ3v) is 5.05. The maximum atomic E-state index is 12.4. The summed E-state index contributed by atoms with van der Waals surface area (Å²) in [7, 11) is 0. The van der Waals surface area contributed by atoms with E-state index in [-0.39, 0.29) is 5.92 Å². The third-order valence-electron chi connectivity index (χ3n) is 5.05. The molecule has 2 heterocycles. The van der Waals surface area contributed by atoms with Crippen molar-refractivity contribution in [2.75, 3.05) is 13.2 Å². The molecule has 1 aromatic rings. The van der Waals surface area contributed by atoms with E-state index in [1.165, 1.54) is 5.56 Å². The van der Waals surface area contributed by atoms with Crippen LogP contribution >= 0.6 is 0 Å². The fourth-order valence-electron chi connectivity index (χ4n) is 3.85. The Labute approximate surface area is 138 Å². The van der Waals surface area contributed by atoms with Crippen LogP contribution in [0.2, 0.25) is 0 Å². The first-order valence-corrected chi connectivity index (χ1v) is 8.55. The van der Waals surface area contributed by atoms with Crippen LogP contribution in [-0.4, -0.2) is 36.0 Å². The van der Waals surface area contributed by atoms with Gasteiger partial charge in [-0.05, 0) is 24.8 Å². The van der Waals surface area contributed by atoms with Crippen molar-refractivity contribution in [1.82, 2.24) is 4.90 Å². The number of hydrogen-bond acceptors (Lipinski definition) is 4. The fraction of sp³-hybridized carbons (Fsp3) is 0.579. The highest BCUT2D eigenvalue weighted by Gasteiger charge is 2.40. The molecule has 23 heavy (non-hydrogen) atoms. The summed E-state index contributed by atoms with van der Waals surface area (Å²) in [6, 6.07) is 13.3. The van der Waals surface area contributed by atoms with E-state index in [4.69, 9.17) is 10.00 Å². The molecule has 2 fully saturated rings. The lowest BCUT2D eigenvalue weighted by Gasteiger charge is -2.48. The zero-order chi connectivity index (χ0) is 16.1. The number of hydrogen-bond donors (Lipinski definition) is 0. The Morgan fingerprint density at radius 2 is 1.91 bits per heavy atom. The second-order valence-electron chi connectivity index (χ2n) is 6.65. The molecule has 2 aliphatic heterocycles. The minimum absolute atomic E-state index is 0.152. The van der Waals surface area contributed by atoms with Crippen LogP contribution in [0.4, 0.5) is 0 Å². The Bertz CT molecular complexity index is 552. The van der Waals surface area contributed by atoms with Gasteiger partial charge in [-0.25, -0.2) is 0 Å². The maximum Gasteiger partial charge on any atom is 0.136 e. The van der Waals surface area contributed by atoms with Gasteiger partial charge in [0, 0.05) is 37.4 Å². The topological polar surface area (TPSA) is 53.3 Å². The van der Waals surface area contributed by atoms with E-state index in [0.29, 0.717) is 37.1 Å². The highest BCUT2D eigenvalue weighted by molar-refractivity contribution is 5.81. The molecule has 2 bridgehead atoms. The second-order valence-corrected chi connectivity index (χ2v) is 6.65. The molecule has 2 saturated heterocycles. The van der Waals surface area contributed by atoms with E-state index in [1.54, 1.807) is 0 Å². The van der Waals surface area contributed by atoms with Crippen molar-refractivity contribution in [2.45, 2.75) is 50.7 Å². The minimum atomic E-state index is 0.152. The Kier molecular flexibility index (Phi) is 5.43. The Hall–Kier alpha value is -1.70. The number of morpholine rings is 1. The number of Topliss-reactive ketones (excluding diaryl/α,β-unsaturated/α-hetero) is 1. The third kappa shape index (κ3) is 3.99. The van der Waals surface area contributed by atoms with Gasteiger partial charge in [0.25, 0.3) is 0 Å². The highest BCUT2D eigenvalue weighted by Crippen LogP contribution is 2.34. The number of piperidine rings is 1. The number of fused-ring (bicyclic) bond motifs is 2. The van der Waals surface area contributed by atoms with Gasteiger partial charge in [0.05, 0.1) is 19.3 Å². The van der Waals surface area contributed by atoms with Crippen molar-refractivity contribution in [3.63, 3.8) is 0 Å². The van der Waals surface area contributed by atoms with Gasteiger partial charge in [0.15, 0.2) is 0 Å². The number of carbonyl (C=O) groups excluding carboxylic acids is 1. The number of nitriles is 1. The zero-order valence-corrected chi connectivity index (χ0v) is 13.5. The van der Waals surface area contributed by atoms with E-state index in [1.807, 2.05) is 6.07 Å². The van der Waals surface area contributed by atoms with Crippen LogP contribution in [0, 0.1) is 17.2 Å². The summed E-state index contributed by atoms with van der Waals surface area (Å²) < 4.78 is 5.74. The predicted molar refractivity (Wildman–Crippen MR) is 87.6 cm³/mol. The monoisotopic (exact) mass is 312 g/mol. The molecule has 122 valence electrons. The summed E-state index contributed by atoms with van der Waals surface area (Å²) in [5.41, 5.74) is 1.32. The maximum absolute atomic E-state index is 12.4. The first-order valence-electron chi connectivity index (χ1n) is 8.55. The van der Waals surface area contributed by atoms with Crippen LogP contribution in [0.5, 0.6) is 0 Å². The quantitative estimate of drug-likeness (QED) is 0.758. The van der Waals surface area contributed by atoms with Gasteiger partial charge in [-0.3, -0.25) is 9.69 Å². The van der Waals surface area contributed by atoms with Crippen molar-refractivity contribution in [3.05, 3.63) is 35.9 Å². The molecule has 3 rings (SSSR count).